The highest BCUT2D eigenvalue weighted by Crippen LogP contribution is 2.31. The maximum atomic E-state index is 14.0. The lowest BCUT2D eigenvalue weighted by Crippen LogP contribution is -2.33. The number of aromatic nitrogens is 2. The molecule has 2 aromatic rings. The highest BCUT2D eigenvalue weighted by molar-refractivity contribution is 5.35. The van der Waals surface area contributed by atoms with Crippen molar-refractivity contribution < 1.29 is 8.78 Å². The van der Waals surface area contributed by atoms with Gasteiger partial charge in [-0.15, -0.1) is 0 Å². The van der Waals surface area contributed by atoms with Crippen molar-refractivity contribution in [2.45, 2.75) is 31.8 Å². The minimum Gasteiger partial charge on any atom is -0.290 e. The third-order valence-electron chi connectivity index (χ3n) is 4.12. The number of aromatic amines is 1. The van der Waals surface area contributed by atoms with Gasteiger partial charge in [-0.1, -0.05) is 6.42 Å². The molecule has 22 heavy (non-hydrogen) atoms. The van der Waals surface area contributed by atoms with Gasteiger partial charge in [0, 0.05) is 24.4 Å². The summed E-state index contributed by atoms with van der Waals surface area (Å²) >= 11 is 0. The van der Waals surface area contributed by atoms with Crippen LogP contribution >= 0.6 is 0 Å². The molecule has 2 heterocycles. The van der Waals surface area contributed by atoms with Crippen LogP contribution in [-0.2, 0) is 6.54 Å². The molecule has 1 aromatic heterocycles. The van der Waals surface area contributed by atoms with E-state index >= 15 is 0 Å². The first kappa shape index (κ1) is 14.7. The SMILES string of the molecule is N#Cc1cc(CN2CCCCC2c2ccn[nH]2)c(F)cc1F. The van der Waals surface area contributed by atoms with Crippen molar-refractivity contribution in [1.29, 1.82) is 5.26 Å². The summed E-state index contributed by atoms with van der Waals surface area (Å²) in [6.07, 6.45) is 4.82. The summed E-state index contributed by atoms with van der Waals surface area (Å²) in [6, 6.07) is 5.93. The quantitative estimate of drug-likeness (QED) is 0.946. The number of H-pyrrole nitrogens is 1. The van der Waals surface area contributed by atoms with Crippen molar-refractivity contribution in [3.05, 3.63) is 52.9 Å². The van der Waals surface area contributed by atoms with Crippen molar-refractivity contribution >= 4 is 0 Å². The Balaban J connectivity index is 1.86. The zero-order valence-corrected chi connectivity index (χ0v) is 12.0. The number of likely N-dealkylation sites (tertiary alicyclic amines) is 1. The van der Waals surface area contributed by atoms with Gasteiger partial charge in [-0.05, 0) is 31.5 Å². The molecule has 0 amide bonds. The third kappa shape index (κ3) is 2.85. The van der Waals surface area contributed by atoms with Crippen LogP contribution in [0.3, 0.4) is 0 Å². The summed E-state index contributed by atoms with van der Waals surface area (Å²) in [5, 5.41) is 15.9. The molecule has 0 aliphatic carbocycles. The number of rotatable bonds is 3. The summed E-state index contributed by atoms with van der Waals surface area (Å²) in [6.45, 7) is 1.19. The van der Waals surface area contributed by atoms with Crippen LogP contribution in [0, 0.1) is 23.0 Å². The fourth-order valence-electron chi connectivity index (χ4n) is 3.00. The molecule has 0 bridgehead atoms. The Morgan fingerprint density at radius 1 is 1.32 bits per heavy atom. The predicted molar refractivity (Wildman–Crippen MR) is 76.7 cm³/mol. The number of hydrogen-bond donors (Lipinski definition) is 1. The Hall–Kier alpha value is -2.26. The molecule has 0 radical (unpaired) electrons. The Bertz CT molecular complexity index is 691. The van der Waals surface area contributed by atoms with Crippen molar-refractivity contribution in [3.63, 3.8) is 0 Å². The van der Waals surface area contributed by atoms with Crippen LogP contribution in [0.2, 0.25) is 0 Å². The van der Waals surface area contributed by atoms with E-state index in [1.807, 2.05) is 6.07 Å². The molecule has 0 spiro atoms. The van der Waals surface area contributed by atoms with Crippen LogP contribution < -0.4 is 0 Å². The molecule has 3 rings (SSSR count). The van der Waals surface area contributed by atoms with Gasteiger partial charge in [-0.25, -0.2) is 8.78 Å². The lowest BCUT2D eigenvalue weighted by Gasteiger charge is -2.35. The zero-order valence-electron chi connectivity index (χ0n) is 12.0. The summed E-state index contributed by atoms with van der Waals surface area (Å²) in [4.78, 5) is 2.15. The third-order valence-corrected chi connectivity index (χ3v) is 4.12. The number of hydrogen-bond acceptors (Lipinski definition) is 3. The van der Waals surface area contributed by atoms with Crippen molar-refractivity contribution in [1.82, 2.24) is 15.1 Å². The van der Waals surface area contributed by atoms with Crippen LogP contribution in [-0.4, -0.2) is 21.6 Å². The number of halogens is 2. The lowest BCUT2D eigenvalue weighted by atomic mass is 9.98. The first-order chi connectivity index (χ1) is 10.7. The van der Waals surface area contributed by atoms with Gasteiger partial charge in [0.2, 0.25) is 0 Å². The molecule has 0 saturated carbocycles. The monoisotopic (exact) mass is 302 g/mol. The molecule has 1 unspecified atom stereocenters. The smallest absolute Gasteiger partial charge is 0.143 e. The largest absolute Gasteiger partial charge is 0.290 e. The Labute approximate surface area is 127 Å². The standard InChI is InChI=1S/C16H16F2N4/c17-13-8-14(18)12(7-11(13)9-19)10-22-6-2-1-3-16(22)15-4-5-20-21-15/h4-5,7-8,16H,1-3,6,10H2,(H,20,21). The number of nitrogens with one attached hydrogen (secondary N) is 1. The van der Waals surface area contributed by atoms with Crippen molar-refractivity contribution in [3.8, 4) is 6.07 Å². The van der Waals surface area contributed by atoms with E-state index in [4.69, 9.17) is 5.26 Å². The normalized spacial score (nSPS) is 19.0. The average molecular weight is 302 g/mol. The molecule has 114 valence electrons. The molecule has 1 saturated heterocycles. The van der Waals surface area contributed by atoms with Crippen molar-refractivity contribution in [2.24, 2.45) is 0 Å². The van der Waals surface area contributed by atoms with Crippen LogP contribution in [0.5, 0.6) is 0 Å². The van der Waals surface area contributed by atoms with Crippen LogP contribution in [0.15, 0.2) is 24.4 Å². The summed E-state index contributed by atoms with van der Waals surface area (Å²) in [5.74, 6) is -1.42. The van der Waals surface area contributed by atoms with E-state index in [0.29, 0.717) is 12.1 Å². The summed E-state index contributed by atoms with van der Waals surface area (Å²) < 4.78 is 27.4. The molecule has 1 N–H and O–H groups in total. The zero-order chi connectivity index (χ0) is 15.5. The van der Waals surface area contributed by atoms with Crippen LogP contribution in [0.4, 0.5) is 8.78 Å². The molecular formula is C16H16F2N4. The minimum absolute atomic E-state index is 0.119. The second kappa shape index (κ2) is 6.24. The van der Waals surface area contributed by atoms with E-state index in [1.165, 1.54) is 6.07 Å². The van der Waals surface area contributed by atoms with Gasteiger partial charge in [-0.2, -0.15) is 10.4 Å². The van der Waals surface area contributed by atoms with Gasteiger partial charge in [-0.3, -0.25) is 10.00 Å². The molecule has 1 aromatic carbocycles. The summed E-state index contributed by atoms with van der Waals surface area (Å²) in [5.41, 5.74) is 1.23. The highest BCUT2D eigenvalue weighted by atomic mass is 19.1. The van der Waals surface area contributed by atoms with Gasteiger partial charge >= 0.3 is 0 Å². The van der Waals surface area contributed by atoms with E-state index < -0.39 is 11.6 Å². The molecule has 1 aliphatic rings. The molecule has 4 nitrogen and oxygen atoms in total. The van der Waals surface area contributed by atoms with E-state index in [1.54, 1.807) is 12.3 Å². The van der Waals surface area contributed by atoms with Crippen LogP contribution in [0.25, 0.3) is 0 Å². The van der Waals surface area contributed by atoms with Gasteiger partial charge in [0.05, 0.1) is 17.3 Å². The first-order valence-electron chi connectivity index (χ1n) is 7.30. The Morgan fingerprint density at radius 2 is 2.18 bits per heavy atom. The predicted octanol–water partition coefficient (Wildman–Crippen LogP) is 3.29. The molecule has 1 fully saturated rings. The molecular weight excluding hydrogens is 286 g/mol. The number of benzene rings is 1. The van der Waals surface area contributed by atoms with E-state index in [9.17, 15) is 8.78 Å². The topological polar surface area (TPSA) is 55.7 Å². The number of nitrogens with zero attached hydrogens (tertiary/aromatic N) is 3. The minimum atomic E-state index is -0.812. The Kier molecular flexibility index (Phi) is 4.16. The second-order valence-corrected chi connectivity index (χ2v) is 5.53. The fraction of sp³-hybridized carbons (Fsp3) is 0.375. The molecule has 1 aliphatic heterocycles. The summed E-state index contributed by atoms with van der Waals surface area (Å²) in [7, 11) is 0. The van der Waals surface area contributed by atoms with Gasteiger partial charge in [0.1, 0.15) is 17.7 Å². The molecule has 1 atom stereocenters. The fourth-order valence-corrected chi connectivity index (χ4v) is 3.00. The second-order valence-electron chi connectivity index (χ2n) is 5.53. The van der Waals surface area contributed by atoms with Crippen LogP contribution in [0.1, 0.15) is 42.1 Å². The number of nitriles is 1. The Morgan fingerprint density at radius 3 is 2.91 bits per heavy atom. The van der Waals surface area contributed by atoms with Gasteiger partial charge < -0.3 is 0 Å². The first-order valence-corrected chi connectivity index (χ1v) is 7.30. The lowest BCUT2D eigenvalue weighted by molar-refractivity contribution is 0.135. The van der Waals surface area contributed by atoms with E-state index in [2.05, 4.69) is 15.1 Å². The van der Waals surface area contributed by atoms with E-state index in [-0.39, 0.29) is 11.6 Å². The highest BCUT2D eigenvalue weighted by Gasteiger charge is 2.26. The number of piperidine rings is 1. The average Bonchev–Trinajstić information content (AvgIpc) is 3.04. The van der Waals surface area contributed by atoms with Gasteiger partial charge in [0.25, 0.3) is 0 Å². The van der Waals surface area contributed by atoms with Gasteiger partial charge in [0.15, 0.2) is 0 Å². The maximum absolute atomic E-state index is 14.0. The maximum Gasteiger partial charge on any atom is 0.143 e. The van der Waals surface area contributed by atoms with E-state index in [0.717, 1.165) is 37.6 Å². The molecule has 6 heteroatoms. The van der Waals surface area contributed by atoms with Crippen molar-refractivity contribution in [2.75, 3.05) is 6.54 Å².